The van der Waals surface area contributed by atoms with Crippen LogP contribution in [-0.2, 0) is 27.2 Å². The SMILES string of the molecule is COCC(=O)N1CCC(N2C(=O)N(C)Cc3cnc4c(c32)CCC(c2ccc(N3CCOCC3)nc2)C=C4)CC1. The first-order chi connectivity index (χ1) is 19.5. The molecule has 2 fully saturated rings. The summed E-state index contributed by atoms with van der Waals surface area (Å²) in [6, 6.07) is 4.36. The van der Waals surface area contributed by atoms with Crippen molar-refractivity contribution in [2.45, 2.75) is 44.2 Å². The maximum absolute atomic E-state index is 13.6. The summed E-state index contributed by atoms with van der Waals surface area (Å²) in [4.78, 5) is 43.5. The lowest BCUT2D eigenvalue weighted by Crippen LogP contribution is -2.55. The van der Waals surface area contributed by atoms with E-state index in [-0.39, 0.29) is 30.5 Å². The molecule has 3 amide bonds. The van der Waals surface area contributed by atoms with Gasteiger partial charge < -0.3 is 24.2 Å². The van der Waals surface area contributed by atoms with Crippen molar-refractivity contribution in [1.29, 1.82) is 0 Å². The summed E-state index contributed by atoms with van der Waals surface area (Å²) < 4.78 is 10.5. The molecule has 0 bridgehead atoms. The molecule has 10 heteroatoms. The molecule has 6 rings (SSSR count). The number of hydrogen-bond donors (Lipinski definition) is 0. The van der Waals surface area contributed by atoms with Crippen molar-refractivity contribution >= 4 is 29.5 Å². The Morgan fingerprint density at radius 1 is 1.07 bits per heavy atom. The molecular formula is C30H38N6O4. The van der Waals surface area contributed by atoms with Gasteiger partial charge >= 0.3 is 6.03 Å². The maximum atomic E-state index is 13.6. The number of hydrogen-bond acceptors (Lipinski definition) is 7. The number of carbonyl (C=O) groups is 2. The number of methoxy groups -OCH3 is 1. The summed E-state index contributed by atoms with van der Waals surface area (Å²) in [5.74, 6) is 1.23. The van der Waals surface area contributed by atoms with Crippen molar-refractivity contribution in [1.82, 2.24) is 19.8 Å². The van der Waals surface area contributed by atoms with Gasteiger partial charge in [-0.1, -0.05) is 12.1 Å². The third-order valence-corrected chi connectivity index (χ3v) is 8.62. The Morgan fingerprint density at radius 3 is 2.60 bits per heavy atom. The average molecular weight is 547 g/mol. The molecule has 0 saturated carbocycles. The van der Waals surface area contributed by atoms with E-state index in [0.717, 1.165) is 80.3 Å². The van der Waals surface area contributed by atoms with Gasteiger partial charge in [0.05, 0.1) is 31.1 Å². The second-order valence-corrected chi connectivity index (χ2v) is 11.1. The molecule has 0 radical (unpaired) electrons. The van der Waals surface area contributed by atoms with Crippen LogP contribution in [0.1, 0.15) is 47.6 Å². The molecule has 5 heterocycles. The number of anilines is 2. The van der Waals surface area contributed by atoms with Gasteiger partial charge in [0.25, 0.3) is 0 Å². The van der Waals surface area contributed by atoms with Crippen molar-refractivity contribution in [3.63, 3.8) is 0 Å². The summed E-state index contributed by atoms with van der Waals surface area (Å²) in [6.07, 6.45) is 11.5. The van der Waals surface area contributed by atoms with Gasteiger partial charge in [-0.2, -0.15) is 0 Å². The summed E-state index contributed by atoms with van der Waals surface area (Å²) >= 11 is 0. The Morgan fingerprint density at radius 2 is 1.88 bits per heavy atom. The monoisotopic (exact) mass is 546 g/mol. The van der Waals surface area contributed by atoms with Gasteiger partial charge in [-0.05, 0) is 43.4 Å². The summed E-state index contributed by atoms with van der Waals surface area (Å²) in [5, 5.41) is 0. The molecule has 1 unspecified atom stereocenters. The lowest BCUT2D eigenvalue weighted by molar-refractivity contribution is -0.136. The third kappa shape index (κ3) is 5.17. The molecule has 0 N–H and O–H groups in total. The fraction of sp³-hybridized carbons (Fsp3) is 0.533. The van der Waals surface area contributed by atoms with Crippen LogP contribution in [0.4, 0.5) is 16.3 Å². The lowest BCUT2D eigenvalue weighted by Gasteiger charge is -2.44. The molecule has 3 aliphatic heterocycles. The van der Waals surface area contributed by atoms with Gasteiger partial charge in [0.2, 0.25) is 5.91 Å². The summed E-state index contributed by atoms with van der Waals surface area (Å²) in [7, 11) is 3.39. The molecule has 1 aliphatic carbocycles. The number of rotatable bonds is 5. The average Bonchev–Trinajstić information content (AvgIpc) is 3.22. The van der Waals surface area contributed by atoms with Crippen molar-refractivity contribution in [2.75, 3.05) is 70.0 Å². The maximum Gasteiger partial charge on any atom is 0.324 e. The molecular weight excluding hydrogens is 508 g/mol. The largest absolute Gasteiger partial charge is 0.378 e. The minimum Gasteiger partial charge on any atom is -0.378 e. The highest BCUT2D eigenvalue weighted by Crippen LogP contribution is 2.40. The summed E-state index contributed by atoms with van der Waals surface area (Å²) in [5.41, 5.74) is 5.39. The zero-order valence-electron chi connectivity index (χ0n) is 23.4. The molecule has 2 saturated heterocycles. The predicted octanol–water partition coefficient (Wildman–Crippen LogP) is 3.07. The normalized spacial score (nSPS) is 21.8. The van der Waals surface area contributed by atoms with Gasteiger partial charge in [0, 0.05) is 75.8 Å². The second kappa shape index (κ2) is 11.5. The van der Waals surface area contributed by atoms with Crippen LogP contribution >= 0.6 is 0 Å². The van der Waals surface area contributed by atoms with Crippen LogP contribution in [0, 0.1) is 0 Å². The fourth-order valence-corrected chi connectivity index (χ4v) is 6.41. The molecule has 0 aromatic carbocycles. The number of pyridine rings is 2. The smallest absolute Gasteiger partial charge is 0.324 e. The third-order valence-electron chi connectivity index (χ3n) is 8.62. The van der Waals surface area contributed by atoms with E-state index in [2.05, 4.69) is 29.2 Å². The molecule has 2 aromatic rings. The number of allylic oxidation sites excluding steroid dienone is 1. The van der Waals surface area contributed by atoms with Crippen LogP contribution in [0.15, 0.2) is 30.6 Å². The molecule has 4 aliphatic rings. The number of likely N-dealkylation sites (tertiary alicyclic amines) is 1. The first-order valence-corrected chi connectivity index (χ1v) is 14.3. The molecule has 1 atom stereocenters. The van der Waals surface area contributed by atoms with Crippen molar-refractivity contribution < 1.29 is 19.1 Å². The Labute approximate surface area is 235 Å². The van der Waals surface area contributed by atoms with Crippen molar-refractivity contribution in [3.8, 4) is 0 Å². The molecule has 2 aromatic heterocycles. The van der Waals surface area contributed by atoms with E-state index in [0.29, 0.717) is 19.6 Å². The number of carbonyl (C=O) groups excluding carboxylic acids is 2. The minimum absolute atomic E-state index is 0.00477. The zero-order chi connectivity index (χ0) is 27.6. The van der Waals surface area contributed by atoms with Crippen LogP contribution in [0.5, 0.6) is 0 Å². The first kappa shape index (κ1) is 26.7. The lowest BCUT2D eigenvalue weighted by atomic mass is 9.92. The van der Waals surface area contributed by atoms with Crippen LogP contribution < -0.4 is 9.80 Å². The molecule has 212 valence electrons. The van der Waals surface area contributed by atoms with Crippen LogP contribution in [0.3, 0.4) is 0 Å². The van der Waals surface area contributed by atoms with Crippen molar-refractivity contribution in [2.24, 2.45) is 0 Å². The Bertz CT molecular complexity index is 1270. The number of urea groups is 1. The molecule has 10 nitrogen and oxygen atoms in total. The van der Waals surface area contributed by atoms with E-state index < -0.39 is 0 Å². The number of piperidine rings is 1. The van der Waals surface area contributed by atoms with Crippen LogP contribution in [-0.4, -0.2) is 97.9 Å². The fourth-order valence-electron chi connectivity index (χ4n) is 6.41. The van der Waals surface area contributed by atoms with E-state index in [1.54, 1.807) is 12.0 Å². The predicted molar refractivity (Wildman–Crippen MR) is 152 cm³/mol. The highest BCUT2D eigenvalue weighted by Gasteiger charge is 2.38. The van der Waals surface area contributed by atoms with Crippen LogP contribution in [0.2, 0.25) is 0 Å². The minimum atomic E-state index is 0.00477. The quantitative estimate of drug-likeness (QED) is 0.569. The first-order valence-electron chi connectivity index (χ1n) is 14.3. The van der Waals surface area contributed by atoms with E-state index >= 15 is 0 Å². The Balaban J connectivity index is 1.22. The Hall–Kier alpha value is -3.50. The topological polar surface area (TPSA) is 91.3 Å². The second-order valence-electron chi connectivity index (χ2n) is 11.1. The highest BCUT2D eigenvalue weighted by molar-refractivity contribution is 5.97. The number of nitrogens with zero attached hydrogens (tertiary/aromatic N) is 6. The van der Waals surface area contributed by atoms with E-state index in [1.165, 1.54) is 5.56 Å². The Kier molecular flexibility index (Phi) is 7.71. The van der Waals surface area contributed by atoms with Gasteiger partial charge in [0.1, 0.15) is 12.4 Å². The number of fused-ring (bicyclic) bond motifs is 3. The number of aromatic nitrogens is 2. The van der Waals surface area contributed by atoms with Gasteiger partial charge in [0.15, 0.2) is 0 Å². The molecule has 0 spiro atoms. The number of ether oxygens (including phenoxy) is 2. The standard InChI is InChI=1S/C30H38N6O4/c1-33-19-23-18-31-26-7-4-21(22-5-8-27(32-17-22)34-13-15-40-16-14-34)3-6-25(26)29(23)36(30(33)38)24-9-11-35(12-10-24)28(37)20-39-2/h4-5,7-8,17-18,21,24H,3,6,9-16,19-20H2,1-2H3. The van der Waals surface area contributed by atoms with E-state index in [9.17, 15) is 9.59 Å². The van der Waals surface area contributed by atoms with Crippen LogP contribution in [0.25, 0.3) is 6.08 Å². The van der Waals surface area contributed by atoms with Gasteiger partial charge in [-0.15, -0.1) is 0 Å². The molecule has 40 heavy (non-hydrogen) atoms. The van der Waals surface area contributed by atoms with E-state index in [4.69, 9.17) is 19.4 Å². The number of morpholine rings is 1. The van der Waals surface area contributed by atoms with Gasteiger partial charge in [-0.25, -0.2) is 9.78 Å². The zero-order valence-corrected chi connectivity index (χ0v) is 23.4. The van der Waals surface area contributed by atoms with Crippen molar-refractivity contribution in [3.05, 3.63) is 53.0 Å². The van der Waals surface area contributed by atoms with Gasteiger partial charge in [-0.3, -0.25) is 14.7 Å². The van der Waals surface area contributed by atoms with E-state index in [1.807, 2.05) is 29.2 Å². The highest BCUT2D eigenvalue weighted by atomic mass is 16.5. The number of amides is 3. The summed E-state index contributed by atoms with van der Waals surface area (Å²) in [6.45, 7) is 5.11.